The fourth-order valence-corrected chi connectivity index (χ4v) is 3.08. The molecule has 3 rings (SSSR count). The predicted octanol–water partition coefficient (Wildman–Crippen LogP) is 5.59. The highest BCUT2D eigenvalue weighted by Crippen LogP contribution is 2.32. The van der Waals surface area contributed by atoms with E-state index in [4.69, 9.17) is 4.74 Å². The number of benzene rings is 2. The average molecular weight is 408 g/mol. The number of methoxy groups -OCH3 is 1. The number of rotatable bonds is 5. The Morgan fingerprint density at radius 3 is 2.39 bits per heavy atom. The van der Waals surface area contributed by atoms with Crippen molar-refractivity contribution in [2.75, 3.05) is 12.4 Å². The molecule has 1 heterocycles. The van der Waals surface area contributed by atoms with Crippen molar-refractivity contribution in [2.45, 2.75) is 12.8 Å². The lowest BCUT2D eigenvalue weighted by Crippen LogP contribution is -2.10. The second kappa shape index (κ2) is 8.30. The number of thiazole rings is 1. The van der Waals surface area contributed by atoms with E-state index in [1.807, 2.05) is 0 Å². The Morgan fingerprint density at radius 2 is 1.79 bits per heavy atom. The summed E-state index contributed by atoms with van der Waals surface area (Å²) in [6.07, 6.45) is -4.92. The molecule has 5 nitrogen and oxygen atoms in total. The van der Waals surface area contributed by atoms with E-state index < -0.39 is 17.8 Å². The molecule has 1 amide bonds. The van der Waals surface area contributed by atoms with Gasteiger partial charge in [-0.05, 0) is 36.4 Å². The Morgan fingerprint density at radius 1 is 1.11 bits per heavy atom. The van der Waals surface area contributed by atoms with Gasteiger partial charge in [0.15, 0.2) is 0 Å². The molecule has 0 fully saturated rings. The van der Waals surface area contributed by atoms with Crippen LogP contribution in [-0.2, 0) is 17.5 Å². The summed E-state index contributed by atoms with van der Waals surface area (Å²) in [7, 11) is 1.28. The molecular weight excluding hydrogens is 393 g/mol. The quantitative estimate of drug-likeness (QED) is 0.598. The first-order chi connectivity index (χ1) is 13.3. The minimum Gasteiger partial charge on any atom is -0.487 e. The first kappa shape index (κ1) is 19.7. The number of nitrogens with zero attached hydrogens (tertiary/aromatic N) is 1. The van der Waals surface area contributed by atoms with Crippen molar-refractivity contribution in [1.29, 1.82) is 0 Å². The molecule has 0 aliphatic carbocycles. The van der Waals surface area contributed by atoms with Crippen LogP contribution in [0.5, 0.6) is 5.75 Å². The zero-order valence-electron chi connectivity index (χ0n) is 14.6. The van der Waals surface area contributed by atoms with Gasteiger partial charge in [-0.2, -0.15) is 13.2 Å². The van der Waals surface area contributed by atoms with Gasteiger partial charge in [-0.25, -0.2) is 9.78 Å². The molecule has 146 valence electrons. The average Bonchev–Trinajstić information content (AvgIpc) is 3.16. The monoisotopic (exact) mass is 408 g/mol. The maximum atomic E-state index is 12.6. The summed E-state index contributed by atoms with van der Waals surface area (Å²) in [5, 5.41) is 4.94. The van der Waals surface area contributed by atoms with Gasteiger partial charge < -0.3 is 9.47 Å². The van der Waals surface area contributed by atoms with Gasteiger partial charge in [-0.3, -0.25) is 5.32 Å². The predicted molar refractivity (Wildman–Crippen MR) is 99.4 cm³/mol. The molecule has 0 bridgehead atoms. The normalized spacial score (nSPS) is 11.1. The lowest BCUT2D eigenvalue weighted by Gasteiger charge is -2.07. The van der Waals surface area contributed by atoms with Gasteiger partial charge in [-0.15, -0.1) is 11.3 Å². The number of amides is 1. The number of nitrogens with one attached hydrogen (secondary N) is 1. The number of anilines is 1. The molecule has 0 atom stereocenters. The van der Waals surface area contributed by atoms with Crippen molar-refractivity contribution in [3.63, 3.8) is 0 Å². The van der Waals surface area contributed by atoms with Crippen LogP contribution in [0, 0.1) is 0 Å². The van der Waals surface area contributed by atoms with E-state index in [1.165, 1.54) is 30.6 Å². The maximum Gasteiger partial charge on any atom is 0.416 e. The van der Waals surface area contributed by atoms with Gasteiger partial charge in [0.25, 0.3) is 0 Å². The van der Waals surface area contributed by atoms with Crippen LogP contribution in [0.25, 0.3) is 10.6 Å². The highest BCUT2D eigenvalue weighted by atomic mass is 32.1. The summed E-state index contributed by atoms with van der Waals surface area (Å²) in [6.45, 7) is 0.209. The van der Waals surface area contributed by atoms with E-state index in [1.54, 1.807) is 29.6 Å². The number of hydrogen-bond acceptors (Lipinski definition) is 5. The highest BCUT2D eigenvalue weighted by molar-refractivity contribution is 7.13. The van der Waals surface area contributed by atoms with Crippen molar-refractivity contribution in [2.24, 2.45) is 0 Å². The van der Waals surface area contributed by atoms with Gasteiger partial charge in [0, 0.05) is 16.6 Å². The molecule has 0 saturated carbocycles. The summed E-state index contributed by atoms with van der Waals surface area (Å²) < 4.78 is 48.1. The summed E-state index contributed by atoms with van der Waals surface area (Å²) in [5.74, 6) is 0.583. The maximum absolute atomic E-state index is 12.6. The third-order valence-corrected chi connectivity index (χ3v) is 4.62. The van der Waals surface area contributed by atoms with E-state index in [0.717, 1.165) is 12.1 Å². The van der Waals surface area contributed by atoms with Crippen LogP contribution in [0.2, 0.25) is 0 Å². The minimum absolute atomic E-state index is 0.209. The van der Waals surface area contributed by atoms with Crippen molar-refractivity contribution < 1.29 is 27.4 Å². The molecular formula is C19H15F3N2O3S. The lowest BCUT2D eigenvalue weighted by atomic mass is 10.1. The van der Waals surface area contributed by atoms with E-state index in [-0.39, 0.29) is 6.61 Å². The van der Waals surface area contributed by atoms with E-state index in [2.05, 4.69) is 15.0 Å². The molecule has 28 heavy (non-hydrogen) atoms. The van der Waals surface area contributed by atoms with Crippen LogP contribution in [-0.4, -0.2) is 18.2 Å². The molecule has 0 unspecified atom stereocenters. The molecule has 3 aromatic rings. The number of halogens is 3. The van der Waals surface area contributed by atoms with Gasteiger partial charge in [0.2, 0.25) is 0 Å². The fourth-order valence-electron chi connectivity index (χ4n) is 2.27. The first-order valence-electron chi connectivity index (χ1n) is 8.05. The Kier molecular flexibility index (Phi) is 5.84. The van der Waals surface area contributed by atoms with Crippen molar-refractivity contribution >= 4 is 23.1 Å². The first-order valence-corrected chi connectivity index (χ1v) is 8.93. The number of carbonyl (C=O) groups is 1. The molecule has 0 aliphatic rings. The van der Waals surface area contributed by atoms with Crippen molar-refractivity contribution in [3.05, 3.63) is 65.2 Å². The molecule has 0 aliphatic heterocycles. The van der Waals surface area contributed by atoms with E-state index >= 15 is 0 Å². The summed E-state index contributed by atoms with van der Waals surface area (Å²) in [4.78, 5) is 15.5. The van der Waals surface area contributed by atoms with Crippen molar-refractivity contribution in [1.82, 2.24) is 4.98 Å². The zero-order chi connectivity index (χ0) is 20.1. The molecule has 1 N–H and O–H groups in total. The largest absolute Gasteiger partial charge is 0.487 e. The summed E-state index contributed by atoms with van der Waals surface area (Å²) >= 11 is 1.33. The Bertz CT molecular complexity index is 938. The van der Waals surface area contributed by atoms with Crippen LogP contribution in [0.3, 0.4) is 0 Å². The second-order valence-electron chi connectivity index (χ2n) is 5.65. The minimum atomic E-state index is -4.36. The standard InChI is InChI=1S/C19H15F3N2O3S/c1-26-18(25)24-14-6-8-16(9-7-14)27-10-15-11-28-17(23-15)12-2-4-13(5-3-12)19(20,21)22/h2-9,11H,10H2,1H3,(H,24,25). The molecule has 1 aromatic heterocycles. The molecule has 0 spiro atoms. The highest BCUT2D eigenvalue weighted by Gasteiger charge is 2.30. The Hall–Kier alpha value is -3.07. The topological polar surface area (TPSA) is 60.5 Å². The zero-order valence-corrected chi connectivity index (χ0v) is 15.4. The summed E-state index contributed by atoms with van der Waals surface area (Å²) in [6, 6.07) is 11.6. The Balaban J connectivity index is 1.59. The number of hydrogen-bond donors (Lipinski definition) is 1. The second-order valence-corrected chi connectivity index (χ2v) is 6.51. The number of carbonyl (C=O) groups excluding carboxylic acids is 1. The van der Waals surface area contributed by atoms with Crippen LogP contribution in [0.4, 0.5) is 23.7 Å². The lowest BCUT2D eigenvalue weighted by molar-refractivity contribution is -0.137. The SMILES string of the molecule is COC(=O)Nc1ccc(OCc2csc(-c3ccc(C(F)(F)F)cc3)n2)cc1. The molecule has 0 radical (unpaired) electrons. The van der Waals surface area contributed by atoms with Crippen LogP contribution < -0.4 is 10.1 Å². The molecule has 2 aromatic carbocycles. The Labute approximate surface area is 162 Å². The van der Waals surface area contributed by atoms with Gasteiger partial charge in [-0.1, -0.05) is 12.1 Å². The third kappa shape index (κ3) is 5.01. The van der Waals surface area contributed by atoms with Gasteiger partial charge in [0.1, 0.15) is 17.4 Å². The number of aromatic nitrogens is 1. The van der Waals surface area contributed by atoms with Crippen molar-refractivity contribution in [3.8, 4) is 16.3 Å². The smallest absolute Gasteiger partial charge is 0.416 e. The van der Waals surface area contributed by atoms with Gasteiger partial charge in [0.05, 0.1) is 18.4 Å². The van der Waals surface area contributed by atoms with Crippen LogP contribution >= 0.6 is 11.3 Å². The van der Waals surface area contributed by atoms with Crippen LogP contribution in [0.1, 0.15) is 11.3 Å². The van der Waals surface area contributed by atoms with Crippen LogP contribution in [0.15, 0.2) is 53.9 Å². The molecule has 0 saturated heterocycles. The summed E-state index contributed by atoms with van der Waals surface area (Å²) in [5.41, 5.74) is 1.15. The number of alkyl halides is 3. The van der Waals surface area contributed by atoms with E-state index in [0.29, 0.717) is 27.7 Å². The fraction of sp³-hybridized carbons (Fsp3) is 0.158. The third-order valence-electron chi connectivity index (χ3n) is 3.68. The molecule has 9 heteroatoms. The van der Waals surface area contributed by atoms with E-state index in [9.17, 15) is 18.0 Å². The van der Waals surface area contributed by atoms with Gasteiger partial charge >= 0.3 is 12.3 Å². The number of ether oxygens (including phenoxy) is 2.